The van der Waals surface area contributed by atoms with Crippen LogP contribution in [0, 0.1) is 0 Å². The zero-order valence-corrected chi connectivity index (χ0v) is 24.3. The number of halogens is 4. The third kappa shape index (κ3) is 5.98. The minimum absolute atomic E-state index is 0.219. The largest absolute Gasteiger partial charge is 0.504 e. The Hall–Kier alpha value is -1.73. The van der Waals surface area contributed by atoms with E-state index in [1.54, 1.807) is 0 Å². The van der Waals surface area contributed by atoms with Gasteiger partial charge in [0.25, 0.3) is 20.0 Å². The fraction of sp³-hybridized carbons (Fsp3) is 0.100. The molecule has 0 unspecified atom stereocenters. The van der Waals surface area contributed by atoms with Crippen LogP contribution in [-0.4, -0.2) is 36.2 Å². The molecule has 0 aliphatic rings. The molecule has 3 rings (SSSR count). The Morgan fingerprint density at radius 1 is 0.811 bits per heavy atom. The maximum absolute atomic E-state index is 13.6. The van der Waals surface area contributed by atoms with Crippen molar-refractivity contribution in [1.29, 1.82) is 0 Å². The molecule has 0 fully saturated rings. The topological polar surface area (TPSA) is 139 Å². The first-order chi connectivity index (χ1) is 17.2. The molecule has 0 saturated heterocycles. The molecular formula is C20H17Cl4N2O8PS2. The lowest BCUT2D eigenvalue weighted by Gasteiger charge is -2.30. The van der Waals surface area contributed by atoms with E-state index in [1.807, 2.05) is 0 Å². The van der Waals surface area contributed by atoms with Crippen LogP contribution in [-0.2, 0) is 33.7 Å². The average Bonchev–Trinajstić information content (AvgIpc) is 2.85. The van der Waals surface area contributed by atoms with Gasteiger partial charge in [-0.1, -0.05) is 46.4 Å². The summed E-state index contributed by atoms with van der Waals surface area (Å²) < 4.78 is 78.8. The summed E-state index contributed by atoms with van der Waals surface area (Å²) in [5, 5.41) is 9.77. The molecule has 0 radical (unpaired) electrons. The Labute approximate surface area is 233 Å². The van der Waals surface area contributed by atoms with Gasteiger partial charge in [0, 0.05) is 24.3 Å². The number of hydrogen-bond acceptors (Lipinski definition) is 8. The van der Waals surface area contributed by atoms with Gasteiger partial charge in [0.2, 0.25) is 0 Å². The number of phenols is 1. The first-order valence-corrected chi connectivity index (χ1v) is 15.6. The van der Waals surface area contributed by atoms with Crippen molar-refractivity contribution in [3.63, 3.8) is 0 Å². The smallest absolute Gasteiger partial charge is 0.448 e. The molecule has 0 amide bonds. The molecule has 0 spiro atoms. The van der Waals surface area contributed by atoms with Crippen LogP contribution < -0.4 is 8.80 Å². The van der Waals surface area contributed by atoms with E-state index in [9.17, 15) is 26.5 Å². The third-order valence-electron chi connectivity index (χ3n) is 4.76. The van der Waals surface area contributed by atoms with Gasteiger partial charge in [0.15, 0.2) is 5.75 Å². The van der Waals surface area contributed by atoms with Gasteiger partial charge in [-0.25, -0.2) is 21.4 Å². The number of nitrogens with zero attached hydrogens (tertiary/aromatic N) is 1. The zero-order chi connectivity index (χ0) is 27.8. The molecule has 3 aromatic carbocycles. The third-order valence-corrected chi connectivity index (χ3v) is 11.8. The van der Waals surface area contributed by atoms with E-state index in [-0.39, 0.29) is 19.0 Å². The first-order valence-electron chi connectivity index (χ1n) is 9.70. The summed E-state index contributed by atoms with van der Waals surface area (Å²) in [6.45, 7) is 0. The Balaban J connectivity index is 2.27. The van der Waals surface area contributed by atoms with E-state index in [2.05, 4.69) is 4.72 Å². The molecule has 0 atom stereocenters. The van der Waals surface area contributed by atoms with Gasteiger partial charge in [-0.05, 0) is 54.6 Å². The fourth-order valence-electron chi connectivity index (χ4n) is 2.96. The molecule has 200 valence electrons. The fourth-order valence-corrected chi connectivity index (χ4v) is 8.49. The van der Waals surface area contributed by atoms with E-state index in [0.717, 1.165) is 32.4 Å². The van der Waals surface area contributed by atoms with Gasteiger partial charge in [0.1, 0.15) is 5.02 Å². The predicted molar refractivity (Wildman–Crippen MR) is 143 cm³/mol. The monoisotopic (exact) mass is 648 g/mol. The standard InChI is InChI=1S/C20H17Cl4N2O8PS2/c1-33-35(28,34-2)26(37(31,32)15-9-5-13(22)6-10-15)17-11-16(20(27)19(24)18(17)23)25-36(29,30)14-7-3-12(21)4-8-14/h3-11,25,27H,1-2H3. The molecule has 2 N–H and O–H groups in total. The van der Waals surface area contributed by atoms with Crippen molar-refractivity contribution in [2.75, 3.05) is 23.0 Å². The lowest BCUT2D eigenvalue weighted by atomic mass is 10.2. The number of hydrogen-bond donors (Lipinski definition) is 2. The molecule has 0 heterocycles. The van der Waals surface area contributed by atoms with E-state index >= 15 is 0 Å². The Kier molecular flexibility index (Phi) is 9.00. The van der Waals surface area contributed by atoms with Gasteiger partial charge in [-0.2, -0.15) is 4.08 Å². The SMILES string of the molecule is COP(=O)(OC)N(c1cc(NS(=O)(=O)c2ccc(Cl)cc2)c(O)c(Cl)c1Cl)S(=O)(=O)c1ccc(Cl)cc1. The van der Waals surface area contributed by atoms with Crippen molar-refractivity contribution in [3.05, 3.63) is 74.7 Å². The molecule has 17 heteroatoms. The van der Waals surface area contributed by atoms with Gasteiger partial charge in [-0.3, -0.25) is 13.8 Å². The Morgan fingerprint density at radius 3 is 1.73 bits per heavy atom. The highest BCUT2D eigenvalue weighted by Crippen LogP contribution is 2.59. The van der Waals surface area contributed by atoms with Crippen molar-refractivity contribution in [2.24, 2.45) is 0 Å². The second-order valence-corrected chi connectivity index (χ2v) is 14.5. The minimum Gasteiger partial charge on any atom is -0.504 e. The molecule has 3 aromatic rings. The normalized spacial score (nSPS) is 12.4. The summed E-state index contributed by atoms with van der Waals surface area (Å²) in [6, 6.07) is 10.6. The second-order valence-electron chi connectivity index (χ2n) is 7.01. The van der Waals surface area contributed by atoms with E-state index < -0.39 is 59.9 Å². The van der Waals surface area contributed by atoms with Crippen molar-refractivity contribution < 1.29 is 35.6 Å². The second kappa shape index (κ2) is 11.2. The van der Waals surface area contributed by atoms with E-state index in [4.69, 9.17) is 55.5 Å². The molecule has 0 aliphatic carbocycles. The highest BCUT2D eigenvalue weighted by atomic mass is 35.5. The maximum Gasteiger partial charge on any atom is 0.448 e. The van der Waals surface area contributed by atoms with Crippen LogP contribution in [0.3, 0.4) is 0 Å². The molecule has 0 saturated carbocycles. The number of nitrogens with one attached hydrogen (secondary N) is 1. The zero-order valence-electron chi connectivity index (χ0n) is 18.7. The van der Waals surface area contributed by atoms with Crippen molar-refractivity contribution in [3.8, 4) is 5.75 Å². The molecule has 0 aliphatic heterocycles. The van der Waals surface area contributed by atoms with Gasteiger partial charge in [-0.15, -0.1) is 0 Å². The molecule has 37 heavy (non-hydrogen) atoms. The summed E-state index contributed by atoms with van der Waals surface area (Å²) in [4.78, 5) is -0.635. The van der Waals surface area contributed by atoms with Crippen molar-refractivity contribution in [1.82, 2.24) is 0 Å². The molecular weight excluding hydrogens is 633 g/mol. The quantitative estimate of drug-likeness (QED) is 0.200. The molecule has 0 aromatic heterocycles. The highest BCUT2D eigenvalue weighted by molar-refractivity contribution is 7.99. The molecule has 10 nitrogen and oxygen atoms in total. The van der Waals surface area contributed by atoms with Gasteiger partial charge >= 0.3 is 7.75 Å². The van der Waals surface area contributed by atoms with Crippen molar-refractivity contribution >= 4 is 85.6 Å². The van der Waals surface area contributed by atoms with Gasteiger partial charge < -0.3 is 5.11 Å². The number of phenolic OH excluding ortho intramolecular Hbond substituents is 1. The first kappa shape index (κ1) is 29.8. The van der Waals surface area contributed by atoms with E-state index in [1.165, 1.54) is 36.4 Å². The van der Waals surface area contributed by atoms with E-state index in [0.29, 0.717) is 0 Å². The van der Waals surface area contributed by atoms with Crippen LogP contribution in [0.25, 0.3) is 0 Å². The van der Waals surface area contributed by atoms with Crippen LogP contribution in [0.1, 0.15) is 0 Å². The number of rotatable bonds is 9. The summed E-state index contributed by atoms with van der Waals surface area (Å²) in [5.41, 5.74) is -1.21. The Morgan fingerprint density at radius 2 is 1.27 bits per heavy atom. The average molecular weight is 650 g/mol. The number of benzene rings is 3. The van der Waals surface area contributed by atoms with Crippen LogP contribution in [0.2, 0.25) is 20.1 Å². The summed E-state index contributed by atoms with van der Waals surface area (Å²) in [6.07, 6.45) is 0. The summed E-state index contributed by atoms with van der Waals surface area (Å²) >= 11 is 24.1. The lowest BCUT2D eigenvalue weighted by Crippen LogP contribution is -2.30. The predicted octanol–water partition coefficient (Wildman–Crippen LogP) is 6.40. The van der Waals surface area contributed by atoms with Crippen molar-refractivity contribution in [2.45, 2.75) is 9.79 Å². The Bertz CT molecular complexity index is 1580. The summed E-state index contributed by atoms with van der Waals surface area (Å²) in [7, 11) is -12.0. The highest BCUT2D eigenvalue weighted by Gasteiger charge is 2.44. The van der Waals surface area contributed by atoms with Crippen LogP contribution in [0.15, 0.2) is 64.4 Å². The minimum atomic E-state index is -4.78. The van der Waals surface area contributed by atoms with Gasteiger partial charge in [0.05, 0.1) is 26.2 Å². The summed E-state index contributed by atoms with van der Waals surface area (Å²) in [5.74, 6) is -0.832. The number of sulfonamides is 2. The maximum atomic E-state index is 13.6. The molecule has 0 bridgehead atoms. The van der Waals surface area contributed by atoms with Crippen LogP contribution >= 0.6 is 54.2 Å². The van der Waals surface area contributed by atoms with Crippen LogP contribution in [0.4, 0.5) is 11.4 Å². The number of aromatic hydroxyl groups is 1. The number of anilines is 2. The van der Waals surface area contributed by atoms with Crippen LogP contribution in [0.5, 0.6) is 5.75 Å². The lowest BCUT2D eigenvalue weighted by molar-refractivity contribution is 0.277.